The van der Waals surface area contributed by atoms with Gasteiger partial charge in [0.25, 0.3) is 5.91 Å². The van der Waals surface area contributed by atoms with Gasteiger partial charge in [-0.3, -0.25) is 19.5 Å². The lowest BCUT2D eigenvalue weighted by molar-refractivity contribution is -0.117. The van der Waals surface area contributed by atoms with Gasteiger partial charge in [0, 0.05) is 62.3 Å². The monoisotopic (exact) mass is 436 g/mol. The molecule has 2 aliphatic rings. The third kappa shape index (κ3) is 6.14. The second kappa shape index (κ2) is 10.7. The average Bonchev–Trinajstić information content (AvgIpc) is 3.56. The molecule has 4 rings (SSSR count). The maximum absolute atomic E-state index is 13.4. The van der Waals surface area contributed by atoms with Gasteiger partial charge in [0.1, 0.15) is 0 Å². The smallest absolute Gasteiger partial charge is 0.254 e. The molecule has 7 heteroatoms. The fraction of sp³-hybridized carbons (Fsp3) is 0.480. The van der Waals surface area contributed by atoms with Crippen LogP contribution < -0.4 is 5.32 Å². The van der Waals surface area contributed by atoms with E-state index in [1.807, 2.05) is 35.2 Å². The number of pyridine rings is 1. The molecular weight excluding hydrogens is 404 g/mol. The highest BCUT2D eigenvalue weighted by molar-refractivity contribution is 5.98. The van der Waals surface area contributed by atoms with Crippen molar-refractivity contribution in [3.05, 3.63) is 59.9 Å². The Kier molecular flexibility index (Phi) is 7.50. The zero-order valence-corrected chi connectivity index (χ0v) is 18.7. The Morgan fingerprint density at radius 2 is 1.94 bits per heavy atom. The minimum Gasteiger partial charge on any atom is -0.379 e. The summed E-state index contributed by atoms with van der Waals surface area (Å²) in [4.78, 5) is 34.1. The van der Waals surface area contributed by atoms with E-state index in [4.69, 9.17) is 4.74 Å². The van der Waals surface area contributed by atoms with Gasteiger partial charge >= 0.3 is 0 Å². The minimum atomic E-state index is -0.0281. The number of ether oxygens (including phenoxy) is 1. The van der Waals surface area contributed by atoms with E-state index in [-0.39, 0.29) is 17.7 Å². The lowest BCUT2D eigenvalue weighted by atomic mass is 10.1. The zero-order chi connectivity index (χ0) is 22.3. The Bertz CT molecular complexity index is 914. The molecule has 1 aliphatic carbocycles. The Hall–Kier alpha value is -2.77. The predicted molar refractivity (Wildman–Crippen MR) is 123 cm³/mol. The highest BCUT2D eigenvalue weighted by atomic mass is 16.5. The first-order valence-electron chi connectivity index (χ1n) is 11.5. The van der Waals surface area contributed by atoms with Crippen LogP contribution >= 0.6 is 0 Å². The fourth-order valence-corrected chi connectivity index (χ4v) is 4.11. The normalized spacial score (nSPS) is 20.5. The van der Waals surface area contributed by atoms with Gasteiger partial charge in [0.15, 0.2) is 0 Å². The molecule has 0 spiro atoms. The molecule has 1 aliphatic heterocycles. The summed E-state index contributed by atoms with van der Waals surface area (Å²) in [6.07, 6.45) is 5.33. The van der Waals surface area contributed by atoms with Crippen molar-refractivity contribution in [2.75, 3.05) is 44.7 Å². The van der Waals surface area contributed by atoms with Crippen molar-refractivity contribution in [3.8, 4) is 0 Å². The first kappa shape index (κ1) is 22.4. The van der Waals surface area contributed by atoms with Gasteiger partial charge in [0.05, 0.1) is 13.2 Å². The van der Waals surface area contributed by atoms with Gasteiger partial charge in [-0.2, -0.15) is 0 Å². The molecule has 1 N–H and O–H groups in total. The van der Waals surface area contributed by atoms with Gasteiger partial charge in [-0.05, 0) is 54.7 Å². The molecule has 0 radical (unpaired) electrons. The van der Waals surface area contributed by atoms with Crippen molar-refractivity contribution >= 4 is 17.5 Å². The lowest BCUT2D eigenvalue weighted by Gasteiger charge is -2.28. The van der Waals surface area contributed by atoms with Crippen molar-refractivity contribution in [2.24, 2.45) is 11.8 Å². The first-order valence-corrected chi connectivity index (χ1v) is 11.5. The number of hydrogen-bond acceptors (Lipinski definition) is 5. The van der Waals surface area contributed by atoms with Gasteiger partial charge in [-0.15, -0.1) is 0 Å². The number of morpholine rings is 1. The van der Waals surface area contributed by atoms with Gasteiger partial charge in [-0.1, -0.05) is 13.0 Å². The molecule has 2 heterocycles. The van der Waals surface area contributed by atoms with Crippen molar-refractivity contribution in [1.29, 1.82) is 0 Å². The maximum atomic E-state index is 13.4. The Morgan fingerprint density at radius 3 is 2.66 bits per heavy atom. The number of benzene rings is 1. The number of nitrogens with one attached hydrogen (secondary N) is 1. The molecule has 1 saturated carbocycles. The minimum absolute atomic E-state index is 0.0281. The van der Waals surface area contributed by atoms with Gasteiger partial charge in [-0.25, -0.2) is 0 Å². The quantitative estimate of drug-likeness (QED) is 0.654. The van der Waals surface area contributed by atoms with Crippen LogP contribution in [0.2, 0.25) is 0 Å². The van der Waals surface area contributed by atoms with Crippen molar-refractivity contribution in [2.45, 2.75) is 26.3 Å². The molecule has 32 heavy (non-hydrogen) atoms. The molecule has 2 aromatic rings. The van der Waals surface area contributed by atoms with E-state index >= 15 is 0 Å². The molecule has 2 amide bonds. The maximum Gasteiger partial charge on any atom is 0.254 e. The lowest BCUT2D eigenvalue weighted by Crippen LogP contribution is -2.39. The molecular formula is C25H32N4O3. The van der Waals surface area contributed by atoms with Crippen LogP contribution in [0.15, 0.2) is 48.8 Å². The summed E-state index contributed by atoms with van der Waals surface area (Å²) in [7, 11) is 0. The van der Waals surface area contributed by atoms with Crippen LogP contribution in [0.1, 0.15) is 35.7 Å². The van der Waals surface area contributed by atoms with E-state index < -0.39 is 0 Å². The van der Waals surface area contributed by atoms with E-state index in [2.05, 4.69) is 22.1 Å². The molecule has 7 nitrogen and oxygen atoms in total. The van der Waals surface area contributed by atoms with Crippen LogP contribution in [0.4, 0.5) is 5.69 Å². The average molecular weight is 437 g/mol. The molecule has 2 unspecified atom stereocenters. The van der Waals surface area contributed by atoms with Crippen LogP contribution in [0.3, 0.4) is 0 Å². The van der Waals surface area contributed by atoms with Gasteiger partial charge in [0.2, 0.25) is 5.91 Å². The Labute approximate surface area is 189 Å². The SMILES string of the molecule is CC1CC1C(=O)Nc1cccc(C(=O)N(CCCN2CCOCC2)Cc2ccncc2)c1. The number of carbonyl (C=O) groups is 2. The third-order valence-electron chi connectivity index (χ3n) is 6.24. The molecule has 170 valence electrons. The first-order chi connectivity index (χ1) is 15.6. The predicted octanol–water partition coefficient (Wildman–Crippen LogP) is 3.04. The number of carbonyl (C=O) groups excluding carboxylic acids is 2. The number of nitrogens with zero attached hydrogens (tertiary/aromatic N) is 3. The van der Waals surface area contributed by atoms with E-state index in [1.165, 1.54) is 0 Å². The van der Waals surface area contributed by atoms with E-state index in [0.29, 0.717) is 30.3 Å². The number of aromatic nitrogens is 1. The fourth-order valence-electron chi connectivity index (χ4n) is 4.11. The highest BCUT2D eigenvalue weighted by Crippen LogP contribution is 2.38. The summed E-state index contributed by atoms with van der Waals surface area (Å²) in [5.74, 6) is 0.556. The summed E-state index contributed by atoms with van der Waals surface area (Å²) in [5, 5.41) is 2.97. The largest absolute Gasteiger partial charge is 0.379 e. The third-order valence-corrected chi connectivity index (χ3v) is 6.24. The van der Waals surface area contributed by atoms with Crippen molar-refractivity contribution in [3.63, 3.8) is 0 Å². The summed E-state index contributed by atoms with van der Waals surface area (Å²) >= 11 is 0. The number of amides is 2. The summed E-state index contributed by atoms with van der Waals surface area (Å²) < 4.78 is 5.42. The van der Waals surface area contributed by atoms with E-state index in [1.54, 1.807) is 18.5 Å². The summed E-state index contributed by atoms with van der Waals surface area (Å²) in [6.45, 7) is 7.65. The number of rotatable bonds is 9. The van der Waals surface area contributed by atoms with Crippen LogP contribution in [0.5, 0.6) is 0 Å². The topological polar surface area (TPSA) is 74.8 Å². The number of anilines is 1. The van der Waals surface area contributed by atoms with E-state index in [9.17, 15) is 9.59 Å². The van der Waals surface area contributed by atoms with Crippen LogP contribution in [0.25, 0.3) is 0 Å². The summed E-state index contributed by atoms with van der Waals surface area (Å²) in [5.41, 5.74) is 2.32. The van der Waals surface area contributed by atoms with Crippen LogP contribution in [-0.2, 0) is 16.1 Å². The van der Waals surface area contributed by atoms with Crippen LogP contribution in [-0.4, -0.2) is 66.0 Å². The second-order valence-corrected chi connectivity index (χ2v) is 8.78. The van der Waals surface area contributed by atoms with Crippen LogP contribution in [0, 0.1) is 11.8 Å². The molecule has 1 aromatic carbocycles. The molecule has 0 bridgehead atoms. The Balaban J connectivity index is 1.42. The summed E-state index contributed by atoms with van der Waals surface area (Å²) in [6, 6.07) is 11.2. The standard InChI is InChI=1S/C25H32N4O3/c1-19-16-23(19)24(30)27-22-5-2-4-21(17-22)25(31)29(18-20-6-8-26-9-7-20)11-3-10-28-12-14-32-15-13-28/h2,4-9,17,19,23H,3,10-16,18H2,1H3,(H,27,30). The van der Waals surface area contributed by atoms with E-state index in [0.717, 1.165) is 51.3 Å². The van der Waals surface area contributed by atoms with Gasteiger partial charge < -0.3 is 15.0 Å². The van der Waals surface area contributed by atoms with Crippen molar-refractivity contribution in [1.82, 2.24) is 14.8 Å². The molecule has 2 atom stereocenters. The molecule has 1 saturated heterocycles. The second-order valence-electron chi connectivity index (χ2n) is 8.78. The molecule has 2 fully saturated rings. The van der Waals surface area contributed by atoms with Crippen molar-refractivity contribution < 1.29 is 14.3 Å². The molecule has 1 aromatic heterocycles. The highest BCUT2D eigenvalue weighted by Gasteiger charge is 2.39. The zero-order valence-electron chi connectivity index (χ0n) is 18.7. The number of hydrogen-bond donors (Lipinski definition) is 1. The Morgan fingerprint density at radius 1 is 1.19 bits per heavy atom.